The summed E-state index contributed by atoms with van der Waals surface area (Å²) in [7, 11) is 2.21. The van der Waals surface area contributed by atoms with Crippen molar-refractivity contribution in [3.05, 3.63) is 35.2 Å². The predicted octanol–water partition coefficient (Wildman–Crippen LogP) is 3.09. The molecule has 0 amide bonds. The molecule has 1 aromatic carbocycles. The first-order chi connectivity index (χ1) is 8.81. The Hall–Kier alpha value is -0.900. The molecule has 3 rings (SSSR count). The van der Waals surface area contributed by atoms with Crippen LogP contribution in [0.5, 0.6) is 0 Å². The molecule has 0 unspecified atom stereocenters. The van der Waals surface area contributed by atoms with Gasteiger partial charge in [0.1, 0.15) is 0 Å². The van der Waals surface area contributed by atoms with E-state index in [1.807, 2.05) is 11.3 Å². The van der Waals surface area contributed by atoms with Crippen molar-refractivity contribution in [2.24, 2.45) is 0 Å². The van der Waals surface area contributed by atoms with Crippen LogP contribution in [0.1, 0.15) is 17.7 Å². The van der Waals surface area contributed by atoms with Gasteiger partial charge in [-0.1, -0.05) is 18.2 Å². The largest absolute Gasteiger partial charge is 0.313 e. The van der Waals surface area contributed by atoms with Crippen LogP contribution in [-0.4, -0.2) is 31.1 Å². The maximum absolute atomic E-state index is 3.56. The van der Waals surface area contributed by atoms with Gasteiger partial charge in [0.2, 0.25) is 0 Å². The van der Waals surface area contributed by atoms with E-state index in [2.05, 4.69) is 47.6 Å². The molecule has 96 valence electrons. The lowest BCUT2D eigenvalue weighted by Gasteiger charge is -2.15. The van der Waals surface area contributed by atoms with E-state index in [0.717, 1.165) is 25.7 Å². The van der Waals surface area contributed by atoms with E-state index in [9.17, 15) is 0 Å². The van der Waals surface area contributed by atoms with Crippen molar-refractivity contribution in [2.45, 2.75) is 25.4 Å². The van der Waals surface area contributed by atoms with Crippen LogP contribution >= 0.6 is 11.3 Å². The second-order valence-corrected chi connectivity index (χ2v) is 6.39. The average molecular weight is 260 g/mol. The van der Waals surface area contributed by atoms with Gasteiger partial charge < -0.3 is 10.2 Å². The van der Waals surface area contributed by atoms with Gasteiger partial charge in [0.15, 0.2) is 0 Å². The molecule has 1 aromatic heterocycles. The molecule has 0 radical (unpaired) electrons. The number of rotatable bonds is 6. The highest BCUT2D eigenvalue weighted by molar-refractivity contribution is 7.19. The third-order valence-corrected chi connectivity index (χ3v) is 4.51. The SMILES string of the molecule is CN(CCNC1CC1)Cc1cc2ccccc2s1. The highest BCUT2D eigenvalue weighted by atomic mass is 32.1. The monoisotopic (exact) mass is 260 g/mol. The number of fused-ring (bicyclic) bond motifs is 1. The molecule has 0 atom stereocenters. The summed E-state index contributed by atoms with van der Waals surface area (Å²) in [5.41, 5.74) is 0. The van der Waals surface area contributed by atoms with Gasteiger partial charge in [-0.25, -0.2) is 0 Å². The normalized spacial score (nSPS) is 15.7. The lowest BCUT2D eigenvalue weighted by molar-refractivity contribution is 0.327. The number of nitrogens with zero attached hydrogens (tertiary/aromatic N) is 1. The van der Waals surface area contributed by atoms with Crippen LogP contribution < -0.4 is 5.32 Å². The minimum atomic E-state index is 0.822. The molecule has 0 bridgehead atoms. The lowest BCUT2D eigenvalue weighted by atomic mass is 10.2. The summed E-state index contributed by atoms with van der Waals surface area (Å²) in [4.78, 5) is 3.87. The van der Waals surface area contributed by atoms with Gasteiger partial charge in [0.05, 0.1) is 0 Å². The van der Waals surface area contributed by atoms with Gasteiger partial charge in [0.25, 0.3) is 0 Å². The molecule has 0 aliphatic heterocycles. The first-order valence-corrected chi connectivity index (χ1v) is 7.52. The van der Waals surface area contributed by atoms with Gasteiger partial charge >= 0.3 is 0 Å². The smallest absolute Gasteiger partial charge is 0.0346 e. The summed E-state index contributed by atoms with van der Waals surface area (Å²) < 4.78 is 1.40. The molecule has 1 N–H and O–H groups in total. The summed E-state index contributed by atoms with van der Waals surface area (Å²) in [5, 5.41) is 4.94. The van der Waals surface area contributed by atoms with Crippen LogP contribution in [0.3, 0.4) is 0 Å². The number of benzene rings is 1. The molecule has 1 fully saturated rings. The predicted molar refractivity (Wildman–Crippen MR) is 79.2 cm³/mol. The van der Waals surface area contributed by atoms with Crippen molar-refractivity contribution >= 4 is 21.4 Å². The number of likely N-dealkylation sites (N-methyl/N-ethyl adjacent to an activating group) is 1. The fourth-order valence-electron chi connectivity index (χ4n) is 2.21. The molecule has 1 heterocycles. The molecule has 3 heteroatoms. The van der Waals surface area contributed by atoms with E-state index in [4.69, 9.17) is 0 Å². The van der Waals surface area contributed by atoms with Crippen LogP contribution in [0, 0.1) is 0 Å². The third kappa shape index (κ3) is 3.10. The Bertz CT molecular complexity index is 483. The lowest BCUT2D eigenvalue weighted by Crippen LogP contribution is -2.29. The maximum atomic E-state index is 3.56. The molecule has 1 saturated carbocycles. The Kier molecular flexibility index (Phi) is 3.64. The molecule has 1 aliphatic carbocycles. The number of hydrogen-bond donors (Lipinski definition) is 1. The van der Waals surface area contributed by atoms with Crippen molar-refractivity contribution in [3.63, 3.8) is 0 Å². The van der Waals surface area contributed by atoms with E-state index >= 15 is 0 Å². The fraction of sp³-hybridized carbons (Fsp3) is 0.467. The van der Waals surface area contributed by atoms with E-state index in [1.54, 1.807) is 0 Å². The third-order valence-electron chi connectivity index (χ3n) is 3.41. The van der Waals surface area contributed by atoms with Crippen LogP contribution in [0.2, 0.25) is 0 Å². The molecule has 2 nitrogen and oxygen atoms in total. The van der Waals surface area contributed by atoms with Crippen LogP contribution in [-0.2, 0) is 6.54 Å². The minimum absolute atomic E-state index is 0.822. The molecule has 0 spiro atoms. The highest BCUT2D eigenvalue weighted by Gasteiger charge is 2.19. The van der Waals surface area contributed by atoms with Gasteiger partial charge in [-0.2, -0.15) is 0 Å². The topological polar surface area (TPSA) is 15.3 Å². The summed E-state index contributed by atoms with van der Waals surface area (Å²) in [5.74, 6) is 0. The van der Waals surface area contributed by atoms with Crippen molar-refractivity contribution in [3.8, 4) is 0 Å². The molecule has 18 heavy (non-hydrogen) atoms. The Labute approximate surface area is 113 Å². The molecular formula is C15H20N2S. The Morgan fingerprint density at radius 3 is 2.94 bits per heavy atom. The van der Waals surface area contributed by atoms with Crippen molar-refractivity contribution in [2.75, 3.05) is 20.1 Å². The quantitative estimate of drug-likeness (QED) is 0.858. The molecular weight excluding hydrogens is 240 g/mol. The Morgan fingerprint density at radius 1 is 1.33 bits per heavy atom. The number of hydrogen-bond acceptors (Lipinski definition) is 3. The van der Waals surface area contributed by atoms with E-state index in [1.165, 1.54) is 27.8 Å². The van der Waals surface area contributed by atoms with Gasteiger partial charge in [-0.15, -0.1) is 11.3 Å². The molecule has 2 aromatic rings. The summed E-state index contributed by atoms with van der Waals surface area (Å²) in [6, 6.07) is 11.8. The standard InChI is InChI=1S/C15H20N2S/c1-17(9-8-16-13-6-7-13)11-14-10-12-4-2-3-5-15(12)18-14/h2-5,10,13,16H,6-9,11H2,1H3. The first-order valence-electron chi connectivity index (χ1n) is 6.70. The number of thiophene rings is 1. The second kappa shape index (κ2) is 5.39. The maximum Gasteiger partial charge on any atom is 0.0346 e. The van der Waals surface area contributed by atoms with Crippen LogP contribution in [0.25, 0.3) is 10.1 Å². The van der Waals surface area contributed by atoms with Crippen molar-refractivity contribution < 1.29 is 0 Å². The molecule has 0 saturated heterocycles. The zero-order valence-electron chi connectivity index (χ0n) is 10.9. The highest BCUT2D eigenvalue weighted by Crippen LogP contribution is 2.26. The van der Waals surface area contributed by atoms with E-state index in [0.29, 0.717) is 0 Å². The number of nitrogens with one attached hydrogen (secondary N) is 1. The summed E-state index contributed by atoms with van der Waals surface area (Å²) in [6.45, 7) is 3.31. The second-order valence-electron chi connectivity index (χ2n) is 5.22. The van der Waals surface area contributed by atoms with Gasteiger partial charge in [-0.3, -0.25) is 0 Å². The average Bonchev–Trinajstić information content (AvgIpc) is 3.08. The van der Waals surface area contributed by atoms with Gasteiger partial charge in [-0.05, 0) is 37.4 Å². The Balaban J connectivity index is 1.53. The molecule has 1 aliphatic rings. The van der Waals surface area contributed by atoms with Crippen LogP contribution in [0.4, 0.5) is 0 Å². The van der Waals surface area contributed by atoms with Crippen LogP contribution in [0.15, 0.2) is 30.3 Å². The minimum Gasteiger partial charge on any atom is -0.313 e. The van der Waals surface area contributed by atoms with E-state index < -0.39 is 0 Å². The zero-order valence-corrected chi connectivity index (χ0v) is 11.7. The van der Waals surface area contributed by atoms with Crippen molar-refractivity contribution in [1.29, 1.82) is 0 Å². The zero-order chi connectivity index (χ0) is 12.4. The summed E-state index contributed by atoms with van der Waals surface area (Å²) >= 11 is 1.92. The summed E-state index contributed by atoms with van der Waals surface area (Å²) in [6.07, 6.45) is 2.75. The fourth-order valence-corrected chi connectivity index (χ4v) is 3.35. The van der Waals surface area contributed by atoms with Crippen molar-refractivity contribution in [1.82, 2.24) is 10.2 Å². The first kappa shape index (κ1) is 12.2. The van der Waals surface area contributed by atoms with Gasteiger partial charge in [0, 0.05) is 35.3 Å². The Morgan fingerprint density at radius 2 is 2.17 bits per heavy atom. The van der Waals surface area contributed by atoms with E-state index in [-0.39, 0.29) is 0 Å².